The molecule has 2 heterocycles. The number of benzene rings is 2. The largest absolute Gasteiger partial charge is 0.356 e. The molecule has 1 saturated heterocycles. The van der Waals surface area contributed by atoms with Gasteiger partial charge >= 0.3 is 0 Å². The third-order valence-corrected chi connectivity index (χ3v) is 5.56. The van der Waals surface area contributed by atoms with E-state index in [-0.39, 0.29) is 24.1 Å². The second-order valence-electron chi connectivity index (χ2n) is 7.60. The van der Waals surface area contributed by atoms with Crippen molar-refractivity contribution in [2.75, 3.05) is 6.54 Å². The molecule has 1 aliphatic heterocycles. The van der Waals surface area contributed by atoms with Gasteiger partial charge in [0.15, 0.2) is 5.58 Å². The van der Waals surface area contributed by atoms with E-state index in [1.165, 1.54) is 12.8 Å². The summed E-state index contributed by atoms with van der Waals surface area (Å²) in [6.45, 7) is 0.723. The summed E-state index contributed by atoms with van der Waals surface area (Å²) in [5.41, 5.74) is 1.72. The Labute approximate surface area is 160 Å². The predicted molar refractivity (Wildman–Crippen MR) is 102 cm³/mol. The lowest BCUT2D eigenvalue weighted by Crippen LogP contribution is -2.39. The smallest absolute Gasteiger partial charge is 0.251 e. The first-order valence-electron chi connectivity index (χ1n) is 9.54. The number of rotatable bonds is 4. The van der Waals surface area contributed by atoms with E-state index in [1.54, 1.807) is 12.1 Å². The van der Waals surface area contributed by atoms with Gasteiger partial charge in [-0.1, -0.05) is 17.3 Å². The third-order valence-electron chi connectivity index (χ3n) is 5.56. The third kappa shape index (κ3) is 2.93. The summed E-state index contributed by atoms with van der Waals surface area (Å²) in [5, 5.41) is 12.0. The molecule has 5 rings (SSSR count). The number of carbonyl (C=O) groups excluding carboxylic acids is 3. The maximum atomic E-state index is 12.4. The Kier molecular flexibility index (Phi) is 3.89. The molecule has 3 aromatic rings. The fourth-order valence-electron chi connectivity index (χ4n) is 3.79. The van der Waals surface area contributed by atoms with Gasteiger partial charge in [-0.15, -0.1) is 0 Å². The van der Waals surface area contributed by atoms with Crippen LogP contribution >= 0.6 is 0 Å². The Morgan fingerprint density at radius 3 is 2.82 bits per heavy atom. The molecule has 1 aromatic heterocycles. The van der Waals surface area contributed by atoms with Crippen molar-refractivity contribution in [3.63, 3.8) is 0 Å². The molecule has 7 heteroatoms. The van der Waals surface area contributed by atoms with Gasteiger partial charge in [0, 0.05) is 18.5 Å². The molecule has 2 fully saturated rings. The molecule has 28 heavy (non-hydrogen) atoms. The molecular weight excluding hydrogens is 358 g/mol. The van der Waals surface area contributed by atoms with Gasteiger partial charge in [-0.05, 0) is 54.2 Å². The molecule has 142 valence electrons. The lowest BCUT2D eigenvalue weighted by molar-refractivity contribution is -0.134. The quantitative estimate of drug-likeness (QED) is 0.681. The minimum atomic E-state index is -0.522. The van der Waals surface area contributed by atoms with E-state index >= 15 is 0 Å². The van der Waals surface area contributed by atoms with E-state index in [2.05, 4.69) is 15.8 Å². The van der Waals surface area contributed by atoms with Gasteiger partial charge in [0.1, 0.15) is 5.69 Å². The van der Waals surface area contributed by atoms with Crippen LogP contribution < -0.4 is 10.6 Å². The lowest BCUT2D eigenvalue weighted by atomic mass is 9.91. The van der Waals surface area contributed by atoms with Crippen LogP contribution in [0.5, 0.6) is 0 Å². The average Bonchev–Trinajstić information content (AvgIpc) is 3.43. The zero-order chi connectivity index (χ0) is 19.3. The number of fused-ring (bicyclic) bond motifs is 3. The topological polar surface area (TPSA) is 101 Å². The Hall–Kier alpha value is -3.22. The van der Waals surface area contributed by atoms with E-state index in [0.29, 0.717) is 29.2 Å². The molecule has 0 bridgehead atoms. The monoisotopic (exact) mass is 377 g/mol. The van der Waals surface area contributed by atoms with Crippen LogP contribution in [0.15, 0.2) is 34.9 Å². The SMILES string of the molecule is O=C1CC[C@H](c2noc3ccc4cc(C(=O)NCC5CC5)ccc4c23)C(=O)N1. The van der Waals surface area contributed by atoms with E-state index < -0.39 is 5.92 Å². The fourth-order valence-corrected chi connectivity index (χ4v) is 3.79. The van der Waals surface area contributed by atoms with Gasteiger partial charge in [-0.2, -0.15) is 0 Å². The molecule has 1 saturated carbocycles. The number of imide groups is 1. The molecule has 0 radical (unpaired) electrons. The summed E-state index contributed by atoms with van der Waals surface area (Å²) in [6, 6.07) is 9.18. The highest BCUT2D eigenvalue weighted by atomic mass is 16.5. The first-order chi connectivity index (χ1) is 13.6. The lowest BCUT2D eigenvalue weighted by Gasteiger charge is -2.19. The molecular formula is C21H19N3O4. The van der Waals surface area contributed by atoms with Crippen molar-refractivity contribution in [1.82, 2.24) is 15.8 Å². The second kappa shape index (κ2) is 6.44. The van der Waals surface area contributed by atoms with Crippen molar-refractivity contribution in [1.29, 1.82) is 0 Å². The van der Waals surface area contributed by atoms with Gasteiger partial charge in [0.05, 0.1) is 11.3 Å². The Balaban J connectivity index is 1.53. The van der Waals surface area contributed by atoms with Crippen LogP contribution in [-0.2, 0) is 9.59 Å². The Bertz CT molecular complexity index is 1130. The number of nitrogens with one attached hydrogen (secondary N) is 2. The highest BCUT2D eigenvalue weighted by Crippen LogP contribution is 2.35. The summed E-state index contributed by atoms with van der Waals surface area (Å²) >= 11 is 0. The van der Waals surface area contributed by atoms with Crippen molar-refractivity contribution >= 4 is 39.5 Å². The molecule has 3 amide bonds. The first-order valence-corrected chi connectivity index (χ1v) is 9.54. The highest BCUT2D eigenvalue weighted by molar-refractivity contribution is 6.11. The molecule has 0 spiro atoms. The van der Waals surface area contributed by atoms with Crippen molar-refractivity contribution < 1.29 is 18.9 Å². The molecule has 0 unspecified atom stereocenters. The van der Waals surface area contributed by atoms with Crippen molar-refractivity contribution in [3.8, 4) is 0 Å². The number of piperidine rings is 1. The van der Waals surface area contributed by atoms with Gasteiger partial charge in [-0.25, -0.2) is 0 Å². The Morgan fingerprint density at radius 1 is 1.18 bits per heavy atom. The number of nitrogens with zero attached hydrogens (tertiary/aromatic N) is 1. The van der Waals surface area contributed by atoms with E-state index in [9.17, 15) is 14.4 Å². The zero-order valence-corrected chi connectivity index (χ0v) is 15.2. The van der Waals surface area contributed by atoms with Crippen LogP contribution in [0.3, 0.4) is 0 Å². The van der Waals surface area contributed by atoms with Crippen LogP contribution in [0.4, 0.5) is 0 Å². The highest BCUT2D eigenvalue weighted by Gasteiger charge is 2.32. The second-order valence-corrected chi connectivity index (χ2v) is 7.60. The maximum Gasteiger partial charge on any atom is 0.251 e. The van der Waals surface area contributed by atoms with Crippen LogP contribution in [0.2, 0.25) is 0 Å². The van der Waals surface area contributed by atoms with Crippen LogP contribution in [0.25, 0.3) is 21.7 Å². The van der Waals surface area contributed by atoms with Crippen molar-refractivity contribution in [3.05, 3.63) is 41.6 Å². The number of amides is 3. The van der Waals surface area contributed by atoms with Crippen LogP contribution in [0, 0.1) is 5.92 Å². The van der Waals surface area contributed by atoms with Crippen molar-refractivity contribution in [2.24, 2.45) is 5.92 Å². The summed E-state index contributed by atoms with van der Waals surface area (Å²) in [4.78, 5) is 36.1. The average molecular weight is 377 g/mol. The van der Waals surface area contributed by atoms with Gasteiger partial charge in [0.2, 0.25) is 11.8 Å². The van der Waals surface area contributed by atoms with E-state index in [0.717, 1.165) is 22.7 Å². The first kappa shape index (κ1) is 16.9. The van der Waals surface area contributed by atoms with E-state index in [1.807, 2.05) is 18.2 Å². The fraction of sp³-hybridized carbons (Fsp3) is 0.333. The summed E-state index contributed by atoms with van der Waals surface area (Å²) in [6.07, 6.45) is 3.06. The molecule has 1 atom stereocenters. The maximum absolute atomic E-state index is 12.4. The van der Waals surface area contributed by atoms with Crippen LogP contribution in [0.1, 0.15) is 47.7 Å². The number of carbonyl (C=O) groups is 3. The van der Waals surface area contributed by atoms with Gasteiger partial charge in [0.25, 0.3) is 5.91 Å². The molecule has 2 N–H and O–H groups in total. The predicted octanol–water partition coefficient (Wildman–Crippen LogP) is 2.64. The van der Waals surface area contributed by atoms with E-state index in [4.69, 9.17) is 4.52 Å². The normalized spacial score (nSPS) is 19.8. The number of aromatic nitrogens is 1. The molecule has 2 aromatic carbocycles. The summed E-state index contributed by atoms with van der Waals surface area (Å²) in [7, 11) is 0. The standard InChI is InChI=1S/C21H19N3O4/c25-17-8-6-15(21(27)23-17)19-18-14-5-3-13(20(26)22-10-11-1-2-11)9-12(14)4-7-16(18)28-24-19/h3-5,7,9,11,15H,1-2,6,8,10H2,(H,22,26)(H,23,25,27)/t15-/m1/s1. The number of hydrogen-bond donors (Lipinski definition) is 2. The molecule has 2 aliphatic rings. The summed E-state index contributed by atoms with van der Waals surface area (Å²) < 4.78 is 5.44. The molecule has 1 aliphatic carbocycles. The minimum absolute atomic E-state index is 0.0791. The summed E-state index contributed by atoms with van der Waals surface area (Å²) in [5.74, 6) is -0.590. The zero-order valence-electron chi connectivity index (χ0n) is 15.2. The number of hydrogen-bond acceptors (Lipinski definition) is 5. The van der Waals surface area contributed by atoms with Gasteiger partial charge in [-0.3, -0.25) is 19.7 Å². The molecule has 7 nitrogen and oxygen atoms in total. The van der Waals surface area contributed by atoms with Gasteiger partial charge < -0.3 is 9.84 Å². The van der Waals surface area contributed by atoms with Crippen molar-refractivity contribution in [2.45, 2.75) is 31.6 Å². The van der Waals surface area contributed by atoms with Crippen LogP contribution in [-0.4, -0.2) is 29.4 Å². The minimum Gasteiger partial charge on any atom is -0.356 e. The Morgan fingerprint density at radius 2 is 2.04 bits per heavy atom.